The predicted molar refractivity (Wildman–Crippen MR) is 98.3 cm³/mol. The minimum absolute atomic E-state index is 0.0606. The Bertz CT molecular complexity index is 755. The van der Waals surface area contributed by atoms with Crippen molar-refractivity contribution in [2.75, 3.05) is 13.2 Å². The summed E-state index contributed by atoms with van der Waals surface area (Å²) >= 11 is 0. The third-order valence-electron chi connectivity index (χ3n) is 4.36. The van der Waals surface area contributed by atoms with Crippen LogP contribution < -0.4 is 14.8 Å². The zero-order valence-corrected chi connectivity index (χ0v) is 15.0. The Kier molecular flexibility index (Phi) is 5.27. The summed E-state index contributed by atoms with van der Waals surface area (Å²) in [6, 6.07) is 13.5. The molecular weight excluding hydrogens is 314 g/mol. The minimum Gasteiger partial charge on any atom is -0.490 e. The Labute approximate surface area is 149 Å². The molecule has 0 saturated heterocycles. The van der Waals surface area contributed by atoms with Gasteiger partial charge in [-0.2, -0.15) is 0 Å². The number of hydrogen-bond donors (Lipinski definition) is 1. The van der Waals surface area contributed by atoms with Gasteiger partial charge in [0.25, 0.3) is 5.91 Å². The molecule has 0 spiro atoms. The molecule has 0 aromatic heterocycles. The summed E-state index contributed by atoms with van der Waals surface area (Å²) in [7, 11) is 0. The molecule has 1 N–H and O–H groups in total. The second-order valence-corrected chi connectivity index (χ2v) is 6.82. The maximum Gasteiger partial charge on any atom is 0.251 e. The molecule has 0 bridgehead atoms. The maximum absolute atomic E-state index is 12.7. The Morgan fingerprint density at radius 1 is 1.04 bits per heavy atom. The number of hydrogen-bond acceptors (Lipinski definition) is 3. The smallest absolute Gasteiger partial charge is 0.251 e. The van der Waals surface area contributed by atoms with Crippen molar-refractivity contribution in [1.29, 1.82) is 0 Å². The molecule has 2 aromatic rings. The third-order valence-corrected chi connectivity index (χ3v) is 4.36. The number of carbonyl (C=O) groups excluding carboxylic acids is 1. The molecule has 0 radical (unpaired) electrons. The molecule has 0 saturated carbocycles. The van der Waals surface area contributed by atoms with Crippen molar-refractivity contribution in [2.24, 2.45) is 5.92 Å². The molecule has 0 aliphatic carbocycles. The Balaban J connectivity index is 1.84. The molecule has 4 nitrogen and oxygen atoms in total. The molecule has 0 unspecified atom stereocenters. The highest BCUT2D eigenvalue weighted by atomic mass is 16.5. The summed E-state index contributed by atoms with van der Waals surface area (Å²) in [5, 5.41) is 3.16. The highest BCUT2D eigenvalue weighted by Crippen LogP contribution is 2.34. The lowest BCUT2D eigenvalue weighted by molar-refractivity contribution is 0.0925. The van der Waals surface area contributed by atoms with Crippen LogP contribution >= 0.6 is 0 Å². The molecule has 132 valence electrons. The van der Waals surface area contributed by atoms with E-state index in [0.29, 0.717) is 18.8 Å². The van der Waals surface area contributed by atoms with E-state index in [0.717, 1.165) is 29.0 Å². The molecule has 3 rings (SSSR count). The van der Waals surface area contributed by atoms with Crippen LogP contribution in [0.4, 0.5) is 0 Å². The van der Waals surface area contributed by atoms with Gasteiger partial charge in [0.15, 0.2) is 11.5 Å². The van der Waals surface area contributed by atoms with Crippen molar-refractivity contribution in [3.63, 3.8) is 0 Å². The summed E-state index contributed by atoms with van der Waals surface area (Å²) in [6.45, 7) is 7.51. The average molecular weight is 339 g/mol. The molecule has 0 fully saturated rings. The first-order chi connectivity index (χ1) is 12.0. The quantitative estimate of drug-likeness (QED) is 0.904. The number of carbonyl (C=O) groups is 1. The van der Waals surface area contributed by atoms with Crippen LogP contribution in [0.25, 0.3) is 0 Å². The Morgan fingerprint density at radius 3 is 2.52 bits per heavy atom. The lowest BCUT2D eigenvalue weighted by Gasteiger charge is -2.24. The van der Waals surface area contributed by atoms with Crippen LogP contribution in [0.1, 0.15) is 47.8 Å². The zero-order chi connectivity index (χ0) is 17.8. The fourth-order valence-corrected chi connectivity index (χ4v) is 3.02. The van der Waals surface area contributed by atoms with Crippen molar-refractivity contribution in [3.05, 3.63) is 59.2 Å². The van der Waals surface area contributed by atoms with Gasteiger partial charge < -0.3 is 14.8 Å². The van der Waals surface area contributed by atoms with Gasteiger partial charge in [-0.15, -0.1) is 0 Å². The predicted octanol–water partition coefficient (Wildman–Crippen LogP) is 4.28. The van der Waals surface area contributed by atoms with Crippen molar-refractivity contribution in [1.82, 2.24) is 5.32 Å². The van der Waals surface area contributed by atoms with Crippen LogP contribution in [0.3, 0.4) is 0 Å². The molecule has 1 amide bonds. The van der Waals surface area contributed by atoms with Gasteiger partial charge in [0, 0.05) is 12.0 Å². The lowest BCUT2D eigenvalue weighted by atomic mass is 9.95. The third kappa shape index (κ3) is 4.13. The van der Waals surface area contributed by atoms with Crippen LogP contribution in [0.15, 0.2) is 42.5 Å². The molecule has 1 heterocycles. The van der Waals surface area contributed by atoms with Gasteiger partial charge in [0.05, 0.1) is 19.3 Å². The fraction of sp³-hybridized carbons (Fsp3) is 0.381. The van der Waals surface area contributed by atoms with E-state index in [4.69, 9.17) is 9.47 Å². The number of fused-ring (bicyclic) bond motifs is 1. The van der Waals surface area contributed by atoms with Crippen molar-refractivity contribution >= 4 is 5.91 Å². The van der Waals surface area contributed by atoms with Crippen LogP contribution in [-0.4, -0.2) is 19.1 Å². The van der Waals surface area contributed by atoms with Gasteiger partial charge in [-0.05, 0) is 42.7 Å². The Hall–Kier alpha value is -2.49. The standard InChI is InChI=1S/C21H25NO3/c1-14(2)20(22-21(23)17-7-4-6-15(3)12-17)16-8-9-18-19(13-16)25-11-5-10-24-18/h4,6-9,12-14,20H,5,10-11H2,1-3H3,(H,22,23)/t20-/m0/s1. The van der Waals surface area contributed by atoms with Crippen molar-refractivity contribution in [3.8, 4) is 11.5 Å². The largest absolute Gasteiger partial charge is 0.490 e. The van der Waals surface area contributed by atoms with Crippen molar-refractivity contribution in [2.45, 2.75) is 33.2 Å². The van der Waals surface area contributed by atoms with Crippen LogP contribution in [0.2, 0.25) is 0 Å². The Morgan fingerprint density at radius 2 is 1.80 bits per heavy atom. The van der Waals surface area contributed by atoms with E-state index in [9.17, 15) is 4.79 Å². The second kappa shape index (κ2) is 7.60. The molecule has 4 heteroatoms. The van der Waals surface area contributed by atoms with E-state index >= 15 is 0 Å². The van der Waals surface area contributed by atoms with E-state index < -0.39 is 0 Å². The normalized spacial score (nSPS) is 14.7. The molecule has 25 heavy (non-hydrogen) atoms. The molecule has 2 aromatic carbocycles. The van der Waals surface area contributed by atoms with E-state index in [-0.39, 0.29) is 17.9 Å². The van der Waals surface area contributed by atoms with Gasteiger partial charge in [0.1, 0.15) is 0 Å². The highest BCUT2D eigenvalue weighted by Gasteiger charge is 2.21. The highest BCUT2D eigenvalue weighted by molar-refractivity contribution is 5.94. The minimum atomic E-state index is -0.0924. The molecular formula is C21H25NO3. The van der Waals surface area contributed by atoms with Gasteiger partial charge in [-0.25, -0.2) is 0 Å². The number of aryl methyl sites for hydroxylation is 1. The van der Waals surface area contributed by atoms with Crippen LogP contribution in [-0.2, 0) is 0 Å². The summed E-state index contributed by atoms with van der Waals surface area (Å²) in [4.78, 5) is 12.7. The van der Waals surface area contributed by atoms with Gasteiger partial charge >= 0.3 is 0 Å². The maximum atomic E-state index is 12.7. The average Bonchev–Trinajstić information content (AvgIpc) is 2.83. The van der Waals surface area contributed by atoms with Gasteiger partial charge in [-0.3, -0.25) is 4.79 Å². The van der Waals surface area contributed by atoms with Gasteiger partial charge in [-0.1, -0.05) is 37.6 Å². The monoisotopic (exact) mass is 339 g/mol. The first-order valence-corrected chi connectivity index (χ1v) is 8.81. The van der Waals surface area contributed by atoms with E-state index in [1.807, 2.05) is 49.4 Å². The van der Waals surface area contributed by atoms with E-state index in [2.05, 4.69) is 19.2 Å². The summed E-state index contributed by atoms with van der Waals surface area (Å²) < 4.78 is 11.5. The summed E-state index contributed by atoms with van der Waals surface area (Å²) in [6.07, 6.45) is 0.877. The van der Waals surface area contributed by atoms with Crippen LogP contribution in [0, 0.1) is 12.8 Å². The van der Waals surface area contributed by atoms with Crippen molar-refractivity contribution < 1.29 is 14.3 Å². The summed E-state index contributed by atoms with van der Waals surface area (Å²) in [5.41, 5.74) is 2.78. The van der Waals surface area contributed by atoms with Crippen LogP contribution in [0.5, 0.6) is 11.5 Å². The number of benzene rings is 2. The second-order valence-electron chi connectivity index (χ2n) is 6.82. The lowest BCUT2D eigenvalue weighted by Crippen LogP contribution is -2.31. The first-order valence-electron chi connectivity index (χ1n) is 8.81. The molecule has 1 aliphatic rings. The summed E-state index contributed by atoms with van der Waals surface area (Å²) in [5.74, 6) is 1.72. The number of rotatable bonds is 4. The fourth-order valence-electron chi connectivity index (χ4n) is 3.02. The SMILES string of the molecule is Cc1cccc(C(=O)N[C@H](c2ccc3c(c2)OCCCO3)C(C)C)c1. The topological polar surface area (TPSA) is 47.6 Å². The van der Waals surface area contributed by atoms with Gasteiger partial charge in [0.2, 0.25) is 0 Å². The molecule has 1 aliphatic heterocycles. The molecule has 1 atom stereocenters. The van der Waals surface area contributed by atoms with E-state index in [1.54, 1.807) is 0 Å². The first kappa shape index (κ1) is 17.3. The number of nitrogens with one attached hydrogen (secondary N) is 1. The zero-order valence-electron chi connectivity index (χ0n) is 15.0. The number of amides is 1. The van der Waals surface area contributed by atoms with E-state index in [1.165, 1.54) is 0 Å². The number of ether oxygens (including phenoxy) is 2.